The molecule has 7 nitrogen and oxygen atoms in total. The number of ether oxygens (including phenoxy) is 1. The fourth-order valence-corrected chi connectivity index (χ4v) is 4.66. The zero-order valence-electron chi connectivity index (χ0n) is 12.7. The highest BCUT2D eigenvalue weighted by Gasteiger charge is 2.30. The highest BCUT2D eigenvalue weighted by molar-refractivity contribution is 7.93. The minimum Gasteiger partial charge on any atom is -0.461 e. The van der Waals surface area contributed by atoms with Gasteiger partial charge in [0.15, 0.2) is 15.0 Å². The molecule has 0 saturated carbocycles. The van der Waals surface area contributed by atoms with Crippen LogP contribution in [0.1, 0.15) is 24.3 Å². The number of halogens is 1. The van der Waals surface area contributed by atoms with E-state index in [1.54, 1.807) is 6.92 Å². The summed E-state index contributed by atoms with van der Waals surface area (Å²) in [4.78, 5) is 27.0. The van der Waals surface area contributed by atoms with Crippen LogP contribution in [0.5, 0.6) is 0 Å². The van der Waals surface area contributed by atoms with E-state index in [2.05, 4.69) is 10.3 Å². The number of carbonyl (C=O) groups excluding carboxylic acids is 2. The van der Waals surface area contributed by atoms with Crippen molar-refractivity contribution in [3.63, 3.8) is 0 Å². The van der Waals surface area contributed by atoms with E-state index >= 15 is 0 Å². The Hall–Kier alpha value is -1.97. The molecule has 2 aromatic rings. The molecule has 0 unspecified atom stereocenters. The predicted molar refractivity (Wildman–Crippen MR) is 89.3 cm³/mol. The van der Waals surface area contributed by atoms with Gasteiger partial charge in [-0.15, -0.1) is 0 Å². The third-order valence-electron chi connectivity index (χ3n) is 2.72. The molecule has 0 saturated heterocycles. The number of nitrogens with one attached hydrogen (secondary N) is 1. The van der Waals surface area contributed by atoms with Crippen LogP contribution in [0.25, 0.3) is 0 Å². The Balaban J connectivity index is 2.57. The second-order valence-electron chi connectivity index (χ2n) is 4.51. The molecule has 24 heavy (non-hydrogen) atoms. The third-order valence-corrected chi connectivity index (χ3v) is 6.22. The Morgan fingerprint density at radius 1 is 1.29 bits per heavy atom. The zero-order chi connectivity index (χ0) is 17.9. The van der Waals surface area contributed by atoms with Gasteiger partial charge in [-0.3, -0.25) is 4.79 Å². The maximum Gasteiger partial charge on any atom is 0.359 e. The van der Waals surface area contributed by atoms with Crippen LogP contribution < -0.4 is 5.32 Å². The lowest BCUT2D eigenvalue weighted by molar-refractivity contribution is -0.114. The molecule has 1 aromatic carbocycles. The van der Waals surface area contributed by atoms with E-state index in [4.69, 9.17) is 16.3 Å². The molecule has 0 aliphatic heterocycles. The van der Waals surface area contributed by atoms with Gasteiger partial charge in [0.1, 0.15) is 0 Å². The largest absolute Gasteiger partial charge is 0.461 e. The summed E-state index contributed by atoms with van der Waals surface area (Å²) in [6.07, 6.45) is 0. The van der Waals surface area contributed by atoms with Crippen molar-refractivity contribution in [1.29, 1.82) is 0 Å². The van der Waals surface area contributed by atoms with Crippen molar-refractivity contribution < 1.29 is 22.7 Å². The molecule has 0 aliphatic rings. The van der Waals surface area contributed by atoms with Crippen molar-refractivity contribution in [2.24, 2.45) is 0 Å². The number of benzene rings is 1. The quantitative estimate of drug-likeness (QED) is 0.790. The van der Waals surface area contributed by atoms with E-state index in [0.717, 1.165) is 0 Å². The SMILES string of the molecule is CCOC(=O)c1nc(NC(C)=O)sc1S(=O)(=O)c1ccc(Cl)cc1. The molecule has 1 heterocycles. The molecular formula is C14H13ClN2O5S2. The standard InChI is InChI=1S/C14H13ClN2O5S2/c1-3-22-12(19)11-13(23-14(17-11)16-8(2)18)24(20,21)10-6-4-9(15)5-7-10/h4-7H,3H2,1-2H3,(H,16,17,18). The smallest absolute Gasteiger partial charge is 0.359 e. The van der Waals surface area contributed by atoms with Gasteiger partial charge in [-0.25, -0.2) is 18.2 Å². The van der Waals surface area contributed by atoms with Crippen molar-refractivity contribution in [2.45, 2.75) is 23.0 Å². The van der Waals surface area contributed by atoms with Crippen molar-refractivity contribution >= 4 is 49.8 Å². The van der Waals surface area contributed by atoms with Gasteiger partial charge in [0.2, 0.25) is 15.7 Å². The first kappa shape index (κ1) is 18.4. The summed E-state index contributed by atoms with van der Waals surface area (Å²) >= 11 is 6.45. The summed E-state index contributed by atoms with van der Waals surface area (Å²) in [5.41, 5.74) is -0.361. The Kier molecular flexibility index (Phi) is 5.58. The first-order chi connectivity index (χ1) is 11.3. The number of amides is 1. The number of hydrogen-bond donors (Lipinski definition) is 1. The monoisotopic (exact) mass is 388 g/mol. The maximum absolute atomic E-state index is 12.8. The lowest BCUT2D eigenvalue weighted by atomic mass is 10.4. The number of sulfone groups is 1. The van der Waals surface area contributed by atoms with Crippen LogP contribution in [0.4, 0.5) is 5.13 Å². The van der Waals surface area contributed by atoms with Crippen molar-refractivity contribution in [1.82, 2.24) is 4.98 Å². The average molecular weight is 389 g/mol. The third kappa shape index (κ3) is 3.92. The average Bonchev–Trinajstić information content (AvgIpc) is 2.92. The molecule has 0 aliphatic carbocycles. The Morgan fingerprint density at radius 2 is 1.92 bits per heavy atom. The summed E-state index contributed by atoms with van der Waals surface area (Å²) in [7, 11) is -4.02. The minimum absolute atomic E-state index is 0.00177. The van der Waals surface area contributed by atoms with Crippen LogP contribution in [-0.2, 0) is 19.4 Å². The van der Waals surface area contributed by atoms with Gasteiger partial charge in [0.25, 0.3) is 0 Å². The number of rotatable bonds is 5. The zero-order valence-corrected chi connectivity index (χ0v) is 15.1. The molecule has 10 heteroatoms. The normalized spacial score (nSPS) is 11.1. The molecule has 0 atom stereocenters. The van der Waals surface area contributed by atoms with E-state index in [-0.39, 0.29) is 26.5 Å². The number of esters is 1. The number of aromatic nitrogens is 1. The lowest BCUT2D eigenvalue weighted by Gasteiger charge is -2.04. The molecule has 0 spiro atoms. The van der Waals surface area contributed by atoms with Gasteiger partial charge < -0.3 is 10.1 Å². The number of carbonyl (C=O) groups is 2. The fraction of sp³-hybridized carbons (Fsp3) is 0.214. The first-order valence-corrected chi connectivity index (χ1v) is 9.39. The highest BCUT2D eigenvalue weighted by Crippen LogP contribution is 2.33. The second kappa shape index (κ2) is 7.29. The minimum atomic E-state index is -4.02. The molecular weight excluding hydrogens is 376 g/mol. The van der Waals surface area contributed by atoms with Crippen LogP contribution in [0.15, 0.2) is 33.4 Å². The van der Waals surface area contributed by atoms with Crippen LogP contribution >= 0.6 is 22.9 Å². The number of nitrogens with zero attached hydrogens (tertiary/aromatic N) is 1. The number of thiazole rings is 1. The van der Waals surface area contributed by atoms with E-state index in [9.17, 15) is 18.0 Å². The van der Waals surface area contributed by atoms with Crippen molar-refractivity contribution in [3.05, 3.63) is 35.0 Å². The van der Waals surface area contributed by atoms with Crippen molar-refractivity contribution in [2.75, 3.05) is 11.9 Å². The molecule has 128 valence electrons. The molecule has 0 radical (unpaired) electrons. The van der Waals surface area contributed by atoms with Crippen LogP contribution in [0, 0.1) is 0 Å². The predicted octanol–water partition coefficient (Wildman–Crippen LogP) is 2.76. The van der Waals surface area contributed by atoms with Gasteiger partial charge in [-0.2, -0.15) is 0 Å². The summed E-state index contributed by atoms with van der Waals surface area (Å²) in [6.45, 7) is 2.90. The summed E-state index contributed by atoms with van der Waals surface area (Å²) < 4.78 is 30.1. The van der Waals surface area contributed by atoms with Gasteiger partial charge in [-0.1, -0.05) is 22.9 Å². The van der Waals surface area contributed by atoms with Crippen LogP contribution in [0.3, 0.4) is 0 Å². The Bertz CT molecular complexity index is 875. The van der Waals surface area contributed by atoms with Crippen LogP contribution in [0.2, 0.25) is 5.02 Å². The van der Waals surface area contributed by atoms with Gasteiger partial charge in [-0.05, 0) is 31.2 Å². The van der Waals surface area contributed by atoms with E-state index in [1.807, 2.05) is 0 Å². The second-order valence-corrected chi connectivity index (χ2v) is 8.09. The molecule has 1 N–H and O–H groups in total. The molecule has 0 fully saturated rings. The fourth-order valence-electron chi connectivity index (χ4n) is 1.74. The number of hydrogen-bond acceptors (Lipinski definition) is 7. The van der Waals surface area contributed by atoms with Crippen LogP contribution in [-0.4, -0.2) is 31.9 Å². The van der Waals surface area contributed by atoms with E-state index < -0.39 is 21.7 Å². The summed E-state index contributed by atoms with van der Waals surface area (Å²) in [6, 6.07) is 5.50. The van der Waals surface area contributed by atoms with E-state index in [0.29, 0.717) is 16.4 Å². The maximum atomic E-state index is 12.8. The lowest BCUT2D eigenvalue weighted by Crippen LogP contribution is -2.11. The summed E-state index contributed by atoms with van der Waals surface area (Å²) in [5, 5.41) is 2.75. The molecule has 1 aromatic heterocycles. The molecule has 1 amide bonds. The molecule has 0 bridgehead atoms. The number of anilines is 1. The Morgan fingerprint density at radius 3 is 2.46 bits per heavy atom. The van der Waals surface area contributed by atoms with Crippen molar-refractivity contribution in [3.8, 4) is 0 Å². The van der Waals surface area contributed by atoms with Gasteiger partial charge >= 0.3 is 5.97 Å². The molecule has 2 rings (SSSR count). The highest BCUT2D eigenvalue weighted by atomic mass is 35.5. The van der Waals surface area contributed by atoms with Gasteiger partial charge in [0, 0.05) is 11.9 Å². The van der Waals surface area contributed by atoms with E-state index in [1.165, 1.54) is 31.2 Å². The first-order valence-electron chi connectivity index (χ1n) is 6.72. The van der Waals surface area contributed by atoms with Gasteiger partial charge in [0.05, 0.1) is 11.5 Å². The summed E-state index contributed by atoms with van der Waals surface area (Å²) in [5.74, 6) is -1.31. The Labute approximate surface area is 147 Å². The topological polar surface area (TPSA) is 102 Å².